The molecule has 0 saturated carbocycles. The largest absolute Gasteiger partial charge is 0.395 e. The second-order valence-electron chi connectivity index (χ2n) is 10.8. The van der Waals surface area contributed by atoms with E-state index in [1.165, 1.54) is 18.9 Å². The molecule has 0 spiro atoms. The highest BCUT2D eigenvalue weighted by Gasteiger charge is 2.64. The molecule has 2 aliphatic rings. The fraction of sp³-hybridized carbons (Fsp3) is 0.536. The molecule has 40 heavy (non-hydrogen) atoms. The zero-order chi connectivity index (χ0) is 29.4. The van der Waals surface area contributed by atoms with E-state index in [4.69, 9.17) is 0 Å². The third-order valence-corrected chi connectivity index (χ3v) is 7.99. The second kappa shape index (κ2) is 11.6. The van der Waals surface area contributed by atoms with Gasteiger partial charge < -0.3 is 14.7 Å². The molecular weight excluding hydrogens is 541 g/mol. The van der Waals surface area contributed by atoms with Gasteiger partial charge in [0.1, 0.15) is 5.82 Å². The van der Waals surface area contributed by atoms with Gasteiger partial charge in [0.15, 0.2) is 0 Å². The summed E-state index contributed by atoms with van der Waals surface area (Å²) in [6.07, 6.45) is -10.1. The van der Waals surface area contributed by atoms with Crippen molar-refractivity contribution < 1.29 is 35.5 Å². The first-order valence-corrected chi connectivity index (χ1v) is 13.1. The first-order valence-electron chi connectivity index (χ1n) is 13.1. The zero-order valence-corrected chi connectivity index (χ0v) is 22.5. The number of likely N-dealkylation sites (tertiary alicyclic amines) is 1. The van der Waals surface area contributed by atoms with Crippen LogP contribution >= 0.6 is 0 Å². The Labute approximate surface area is 229 Å². The van der Waals surface area contributed by atoms with Crippen LogP contribution in [-0.4, -0.2) is 90.8 Å². The number of amides is 2. The summed E-state index contributed by atoms with van der Waals surface area (Å²) in [7, 11) is 3.11. The second-order valence-corrected chi connectivity index (χ2v) is 10.8. The van der Waals surface area contributed by atoms with Crippen LogP contribution in [0.4, 0.5) is 35.5 Å². The molecule has 2 heterocycles. The number of benzene rings is 2. The quantitative estimate of drug-likeness (QED) is 0.438. The van der Waals surface area contributed by atoms with Gasteiger partial charge in [0.25, 0.3) is 0 Å². The molecule has 2 fully saturated rings. The Morgan fingerprint density at radius 2 is 1.57 bits per heavy atom. The Balaban J connectivity index is 1.85. The summed E-state index contributed by atoms with van der Waals surface area (Å²) in [6.45, 7) is 1.12. The van der Waals surface area contributed by atoms with Crippen LogP contribution in [0, 0.1) is 24.6 Å². The summed E-state index contributed by atoms with van der Waals surface area (Å²) in [6, 6.07) is 7.10. The van der Waals surface area contributed by atoms with E-state index in [1.54, 1.807) is 37.4 Å². The molecule has 2 aliphatic heterocycles. The highest BCUT2D eigenvalue weighted by molar-refractivity contribution is 5.75. The van der Waals surface area contributed by atoms with Gasteiger partial charge in [0, 0.05) is 52.4 Å². The lowest BCUT2D eigenvalue weighted by atomic mass is 9.73. The number of alkyl halides is 6. The van der Waals surface area contributed by atoms with Crippen molar-refractivity contribution in [1.29, 1.82) is 0 Å². The van der Waals surface area contributed by atoms with Crippen molar-refractivity contribution in [2.24, 2.45) is 11.8 Å². The van der Waals surface area contributed by atoms with E-state index in [0.29, 0.717) is 23.6 Å². The molecule has 220 valence electrons. The van der Waals surface area contributed by atoms with E-state index in [1.807, 2.05) is 4.90 Å². The molecule has 0 aromatic heterocycles. The van der Waals surface area contributed by atoms with Crippen molar-refractivity contribution in [3.8, 4) is 0 Å². The number of likely N-dealkylation sites (N-methyl/N-ethyl adjacent to an activating group) is 1. The number of rotatable bonds is 4. The molecule has 0 bridgehead atoms. The number of aryl methyl sites for hydroxylation is 1. The Bertz CT molecular complexity index is 1170. The van der Waals surface area contributed by atoms with Crippen LogP contribution in [0.15, 0.2) is 48.5 Å². The van der Waals surface area contributed by atoms with Crippen molar-refractivity contribution in [3.05, 3.63) is 71.0 Å². The Kier molecular flexibility index (Phi) is 8.70. The molecule has 0 radical (unpaired) electrons. The van der Waals surface area contributed by atoms with E-state index in [0.717, 1.165) is 23.1 Å². The molecule has 12 heteroatoms. The minimum Gasteiger partial charge on any atom is -0.323 e. The fourth-order valence-corrected chi connectivity index (χ4v) is 6.01. The molecule has 2 saturated heterocycles. The lowest BCUT2D eigenvalue weighted by molar-refractivity contribution is -0.268. The highest BCUT2D eigenvalue weighted by Crippen LogP contribution is 2.52. The van der Waals surface area contributed by atoms with Crippen LogP contribution in [0.5, 0.6) is 0 Å². The molecule has 0 N–H and O–H groups in total. The van der Waals surface area contributed by atoms with Gasteiger partial charge in [0.05, 0.1) is 17.9 Å². The van der Waals surface area contributed by atoms with Crippen molar-refractivity contribution >= 4 is 6.03 Å². The van der Waals surface area contributed by atoms with Crippen molar-refractivity contribution in [2.45, 2.75) is 37.9 Å². The fourth-order valence-electron chi connectivity index (χ4n) is 6.01. The van der Waals surface area contributed by atoms with Crippen LogP contribution < -0.4 is 0 Å². The van der Waals surface area contributed by atoms with Gasteiger partial charge in [-0.1, -0.05) is 36.4 Å². The van der Waals surface area contributed by atoms with Crippen molar-refractivity contribution in [2.75, 3.05) is 46.8 Å². The maximum atomic E-state index is 15.1. The summed E-state index contributed by atoms with van der Waals surface area (Å²) < 4.78 is 103. The summed E-state index contributed by atoms with van der Waals surface area (Å²) in [5.41, 5.74) is 0.773. The van der Waals surface area contributed by atoms with Crippen molar-refractivity contribution in [1.82, 2.24) is 19.6 Å². The normalized spacial score (nSPS) is 25.2. The Morgan fingerprint density at radius 1 is 0.950 bits per heavy atom. The average Bonchev–Trinajstić information content (AvgIpc) is 2.87. The number of hydrogen-bond donors (Lipinski definition) is 0. The molecule has 3 unspecified atom stereocenters. The predicted molar refractivity (Wildman–Crippen MR) is 136 cm³/mol. The number of nitrogens with zero attached hydrogens (tertiary/aromatic N) is 4. The van der Waals surface area contributed by atoms with E-state index in [2.05, 4.69) is 0 Å². The highest BCUT2D eigenvalue weighted by atomic mass is 19.4. The van der Waals surface area contributed by atoms with E-state index >= 15 is 13.2 Å². The molecule has 2 aromatic carbocycles. The molecule has 2 aromatic rings. The van der Waals surface area contributed by atoms with Gasteiger partial charge in [-0.2, -0.15) is 26.3 Å². The standard InChI is InChI=1S/C28H33F7N4O/c1-18-15-20(29)9-10-21(18)24-23(28(33,34)35)25(38-13-11-36(2)12-14-38)22(27(30,31)32)17-39(24)26(40)37(3)16-19-7-5-4-6-8-19/h4-10,15,22-25H,11-14,16-17H2,1-3H3/t22?,23?,24-,25?/m0/s1. The van der Waals surface area contributed by atoms with Gasteiger partial charge in [-0.25, -0.2) is 9.18 Å². The summed E-state index contributed by atoms with van der Waals surface area (Å²) in [5.74, 6) is -5.69. The van der Waals surface area contributed by atoms with Crippen LogP contribution in [-0.2, 0) is 6.54 Å². The monoisotopic (exact) mass is 574 g/mol. The summed E-state index contributed by atoms with van der Waals surface area (Å²) in [4.78, 5) is 18.7. The first-order chi connectivity index (χ1) is 18.7. The van der Waals surface area contributed by atoms with E-state index < -0.39 is 54.7 Å². The number of piperidine rings is 1. The zero-order valence-electron chi connectivity index (χ0n) is 22.5. The lowest BCUT2D eigenvalue weighted by Gasteiger charge is -2.54. The van der Waals surface area contributed by atoms with E-state index in [9.17, 15) is 22.4 Å². The van der Waals surface area contributed by atoms with Gasteiger partial charge in [-0.15, -0.1) is 0 Å². The van der Waals surface area contributed by atoms with Crippen LogP contribution in [0.2, 0.25) is 0 Å². The van der Waals surface area contributed by atoms with Crippen LogP contribution in [0.1, 0.15) is 22.7 Å². The minimum absolute atomic E-state index is 0.0133. The lowest BCUT2D eigenvalue weighted by Crippen LogP contribution is -2.67. The van der Waals surface area contributed by atoms with Crippen molar-refractivity contribution in [3.63, 3.8) is 0 Å². The Morgan fingerprint density at radius 3 is 2.12 bits per heavy atom. The smallest absolute Gasteiger partial charge is 0.323 e. The molecule has 2 amide bonds. The third kappa shape index (κ3) is 6.38. The van der Waals surface area contributed by atoms with Crippen LogP contribution in [0.3, 0.4) is 0 Å². The van der Waals surface area contributed by atoms with E-state index in [-0.39, 0.29) is 30.8 Å². The number of carbonyl (C=O) groups excluding carboxylic acids is 1. The SMILES string of the molecule is Cc1cc(F)ccc1[C@H]1C(C(F)(F)F)C(N2CCN(C)CC2)C(C(F)(F)F)CN1C(=O)N(C)Cc1ccccc1. The number of piperazine rings is 1. The Hall–Kier alpha value is -2.86. The number of urea groups is 1. The third-order valence-electron chi connectivity index (χ3n) is 7.99. The maximum absolute atomic E-state index is 15.1. The maximum Gasteiger partial charge on any atom is 0.395 e. The van der Waals surface area contributed by atoms with Gasteiger partial charge in [-0.05, 0) is 42.8 Å². The van der Waals surface area contributed by atoms with Gasteiger partial charge >= 0.3 is 18.4 Å². The summed E-state index contributed by atoms with van der Waals surface area (Å²) >= 11 is 0. The molecular formula is C28H33F7N4O. The van der Waals surface area contributed by atoms with Gasteiger partial charge in [0.2, 0.25) is 0 Å². The number of hydrogen-bond acceptors (Lipinski definition) is 3. The number of halogens is 7. The van der Waals surface area contributed by atoms with Gasteiger partial charge in [-0.3, -0.25) is 4.90 Å². The summed E-state index contributed by atoms with van der Waals surface area (Å²) in [5, 5.41) is 0. The molecule has 5 nitrogen and oxygen atoms in total. The molecule has 0 aliphatic carbocycles. The number of carbonyl (C=O) groups is 1. The molecule has 4 atom stereocenters. The predicted octanol–water partition coefficient (Wildman–Crippen LogP) is 5.72. The average molecular weight is 575 g/mol. The first kappa shape index (κ1) is 30.1. The molecule has 4 rings (SSSR count). The van der Waals surface area contributed by atoms with Crippen LogP contribution in [0.25, 0.3) is 0 Å². The topological polar surface area (TPSA) is 30.0 Å². The minimum atomic E-state index is -5.10.